The molecule has 0 aromatic carbocycles. The zero-order valence-corrected chi connectivity index (χ0v) is 13.8. The van der Waals surface area contributed by atoms with E-state index in [0.717, 1.165) is 6.42 Å². The molecule has 1 nitrogen and oxygen atoms in total. The highest BCUT2D eigenvalue weighted by atomic mass is 16.3. The number of aliphatic hydroxyl groups is 1. The molecule has 0 amide bonds. The Morgan fingerprint density at radius 3 is 1.53 bits per heavy atom. The largest absolute Gasteiger partial charge is 0.393 e. The van der Waals surface area contributed by atoms with Crippen LogP contribution in [0.4, 0.5) is 0 Å². The topological polar surface area (TPSA) is 20.2 Å². The van der Waals surface area contributed by atoms with Crippen LogP contribution in [-0.2, 0) is 0 Å². The van der Waals surface area contributed by atoms with Gasteiger partial charge in [0.2, 0.25) is 0 Å². The fourth-order valence-corrected chi connectivity index (χ4v) is 2.86. The zero-order valence-electron chi connectivity index (χ0n) is 13.8. The molecule has 0 rings (SSSR count). The summed E-state index contributed by atoms with van der Waals surface area (Å²) in [6.07, 6.45) is 16.5. The van der Waals surface area contributed by atoms with Crippen LogP contribution >= 0.6 is 0 Å². The monoisotopic (exact) mass is 270 g/mol. The van der Waals surface area contributed by atoms with E-state index in [2.05, 4.69) is 20.8 Å². The number of hydrogen-bond donors (Lipinski definition) is 1. The molecular formula is C18H38O. The molecule has 0 aromatic rings. The molecule has 0 fully saturated rings. The van der Waals surface area contributed by atoms with Crippen molar-refractivity contribution in [2.24, 2.45) is 5.92 Å². The maximum atomic E-state index is 10.4. The first-order valence-corrected chi connectivity index (χ1v) is 8.94. The van der Waals surface area contributed by atoms with Crippen molar-refractivity contribution in [1.29, 1.82) is 0 Å². The Hall–Kier alpha value is -0.0400. The van der Waals surface area contributed by atoms with Gasteiger partial charge in [0.25, 0.3) is 0 Å². The minimum Gasteiger partial charge on any atom is -0.393 e. The molecule has 116 valence electrons. The fraction of sp³-hybridized carbons (Fsp3) is 1.00. The Balaban J connectivity index is 3.92. The van der Waals surface area contributed by atoms with Crippen molar-refractivity contribution in [1.82, 2.24) is 0 Å². The van der Waals surface area contributed by atoms with E-state index in [4.69, 9.17) is 0 Å². The van der Waals surface area contributed by atoms with Crippen molar-refractivity contribution >= 4 is 0 Å². The van der Waals surface area contributed by atoms with E-state index < -0.39 is 0 Å². The van der Waals surface area contributed by atoms with E-state index in [-0.39, 0.29) is 6.10 Å². The standard InChI is InChI=1S/C18H38O/c1-4-7-10-13-15-17(14-11-8-5-2)18(19)16-12-9-6-3/h17-19H,4-16H2,1-3H3. The Morgan fingerprint density at radius 1 is 0.579 bits per heavy atom. The molecule has 0 bridgehead atoms. The number of rotatable bonds is 14. The van der Waals surface area contributed by atoms with E-state index >= 15 is 0 Å². The Morgan fingerprint density at radius 2 is 1.00 bits per heavy atom. The Bertz CT molecular complexity index is 167. The molecule has 0 aromatic heterocycles. The van der Waals surface area contributed by atoms with Gasteiger partial charge < -0.3 is 5.11 Å². The van der Waals surface area contributed by atoms with E-state index in [1.807, 2.05) is 0 Å². The normalized spacial score (nSPS) is 14.5. The summed E-state index contributed by atoms with van der Waals surface area (Å²) in [5.74, 6) is 0.570. The van der Waals surface area contributed by atoms with Gasteiger partial charge in [-0.25, -0.2) is 0 Å². The molecule has 0 spiro atoms. The Kier molecular flexibility index (Phi) is 14.3. The first-order valence-electron chi connectivity index (χ1n) is 8.94. The van der Waals surface area contributed by atoms with Gasteiger partial charge in [-0.15, -0.1) is 0 Å². The molecule has 1 N–H and O–H groups in total. The summed E-state index contributed by atoms with van der Waals surface area (Å²) in [6.45, 7) is 6.75. The molecule has 0 aliphatic heterocycles. The lowest BCUT2D eigenvalue weighted by Gasteiger charge is -2.23. The van der Waals surface area contributed by atoms with Crippen molar-refractivity contribution < 1.29 is 5.11 Å². The summed E-state index contributed by atoms with van der Waals surface area (Å²) in [5.41, 5.74) is 0. The molecule has 19 heavy (non-hydrogen) atoms. The zero-order chi connectivity index (χ0) is 14.3. The average molecular weight is 271 g/mol. The lowest BCUT2D eigenvalue weighted by Crippen LogP contribution is -2.20. The number of hydrogen-bond acceptors (Lipinski definition) is 1. The molecule has 2 atom stereocenters. The third-order valence-electron chi connectivity index (χ3n) is 4.25. The summed E-state index contributed by atoms with van der Waals surface area (Å²) in [6, 6.07) is 0. The second kappa shape index (κ2) is 14.4. The van der Waals surface area contributed by atoms with Crippen LogP contribution in [0.25, 0.3) is 0 Å². The van der Waals surface area contributed by atoms with Gasteiger partial charge in [-0.05, 0) is 25.2 Å². The minimum absolute atomic E-state index is 0.0370. The second-order valence-electron chi connectivity index (χ2n) is 6.17. The predicted molar refractivity (Wildman–Crippen MR) is 86.5 cm³/mol. The molecule has 0 radical (unpaired) electrons. The highest BCUT2D eigenvalue weighted by Gasteiger charge is 2.17. The lowest BCUT2D eigenvalue weighted by molar-refractivity contribution is 0.0832. The van der Waals surface area contributed by atoms with Gasteiger partial charge >= 0.3 is 0 Å². The molecule has 0 saturated heterocycles. The van der Waals surface area contributed by atoms with Crippen LogP contribution in [-0.4, -0.2) is 11.2 Å². The van der Waals surface area contributed by atoms with E-state index in [1.54, 1.807) is 0 Å². The molecule has 0 aliphatic rings. The highest BCUT2D eigenvalue weighted by molar-refractivity contribution is 4.70. The van der Waals surface area contributed by atoms with Crippen LogP contribution in [0.15, 0.2) is 0 Å². The maximum absolute atomic E-state index is 10.4. The minimum atomic E-state index is -0.0370. The molecule has 2 unspecified atom stereocenters. The summed E-state index contributed by atoms with van der Waals surface area (Å²) >= 11 is 0. The lowest BCUT2D eigenvalue weighted by atomic mass is 9.87. The second-order valence-corrected chi connectivity index (χ2v) is 6.17. The summed E-state index contributed by atoms with van der Waals surface area (Å²) in [4.78, 5) is 0. The van der Waals surface area contributed by atoms with Crippen LogP contribution in [0.1, 0.15) is 104 Å². The van der Waals surface area contributed by atoms with Crippen LogP contribution in [0.3, 0.4) is 0 Å². The van der Waals surface area contributed by atoms with Gasteiger partial charge in [0, 0.05) is 0 Å². The van der Waals surface area contributed by atoms with Crippen molar-refractivity contribution in [2.75, 3.05) is 0 Å². The van der Waals surface area contributed by atoms with Crippen molar-refractivity contribution in [3.63, 3.8) is 0 Å². The third-order valence-corrected chi connectivity index (χ3v) is 4.25. The van der Waals surface area contributed by atoms with Gasteiger partial charge in [0.1, 0.15) is 0 Å². The molecule has 0 saturated carbocycles. The predicted octanol–water partition coefficient (Wildman–Crippen LogP) is 6.09. The van der Waals surface area contributed by atoms with Crippen LogP contribution in [0.2, 0.25) is 0 Å². The fourth-order valence-electron chi connectivity index (χ4n) is 2.86. The van der Waals surface area contributed by atoms with Crippen molar-refractivity contribution in [2.45, 2.75) is 110 Å². The molecular weight excluding hydrogens is 232 g/mol. The summed E-state index contributed by atoms with van der Waals surface area (Å²) in [5, 5.41) is 10.4. The number of aliphatic hydroxyl groups excluding tert-OH is 1. The van der Waals surface area contributed by atoms with Gasteiger partial charge in [0.15, 0.2) is 0 Å². The summed E-state index contributed by atoms with van der Waals surface area (Å²) < 4.78 is 0. The summed E-state index contributed by atoms with van der Waals surface area (Å²) in [7, 11) is 0. The van der Waals surface area contributed by atoms with E-state index in [0.29, 0.717) is 5.92 Å². The highest BCUT2D eigenvalue weighted by Crippen LogP contribution is 2.24. The van der Waals surface area contributed by atoms with Crippen LogP contribution in [0, 0.1) is 5.92 Å². The smallest absolute Gasteiger partial charge is 0.0568 e. The van der Waals surface area contributed by atoms with Gasteiger partial charge in [-0.1, -0.05) is 85.0 Å². The average Bonchev–Trinajstić information content (AvgIpc) is 2.41. The Labute approximate surface area is 122 Å². The third kappa shape index (κ3) is 11.5. The van der Waals surface area contributed by atoms with Gasteiger partial charge in [-0.3, -0.25) is 0 Å². The molecule has 0 heterocycles. The van der Waals surface area contributed by atoms with Crippen molar-refractivity contribution in [3.8, 4) is 0 Å². The quantitative estimate of drug-likeness (QED) is 0.378. The SMILES string of the molecule is CCCCCCC(CCCCC)C(O)CCCCC. The van der Waals surface area contributed by atoms with E-state index in [1.165, 1.54) is 77.0 Å². The van der Waals surface area contributed by atoms with Crippen molar-refractivity contribution in [3.05, 3.63) is 0 Å². The van der Waals surface area contributed by atoms with Crippen LogP contribution < -0.4 is 0 Å². The number of unbranched alkanes of at least 4 members (excludes halogenated alkanes) is 7. The van der Waals surface area contributed by atoms with E-state index in [9.17, 15) is 5.11 Å². The first kappa shape index (κ1) is 19.0. The molecule has 0 aliphatic carbocycles. The first-order chi connectivity index (χ1) is 9.26. The maximum Gasteiger partial charge on any atom is 0.0568 e. The van der Waals surface area contributed by atoms with Gasteiger partial charge in [-0.2, -0.15) is 0 Å². The van der Waals surface area contributed by atoms with Gasteiger partial charge in [0.05, 0.1) is 6.10 Å². The molecule has 1 heteroatoms. The van der Waals surface area contributed by atoms with Crippen LogP contribution in [0.5, 0.6) is 0 Å².